The van der Waals surface area contributed by atoms with Crippen molar-refractivity contribution in [1.29, 1.82) is 0 Å². The number of methoxy groups -OCH3 is 1. The van der Waals surface area contributed by atoms with Crippen LogP contribution in [0.1, 0.15) is 47.2 Å². The molecule has 0 radical (unpaired) electrons. The summed E-state index contributed by atoms with van der Waals surface area (Å²) in [6, 6.07) is 16.9. The van der Waals surface area contributed by atoms with Crippen molar-refractivity contribution in [3.8, 4) is 22.9 Å². The molecule has 1 atom stereocenters. The first-order chi connectivity index (χ1) is 20.7. The summed E-state index contributed by atoms with van der Waals surface area (Å²) in [5.41, 5.74) is 3.84. The van der Waals surface area contributed by atoms with Gasteiger partial charge < -0.3 is 25.6 Å². The quantitative estimate of drug-likeness (QED) is 0.159. The van der Waals surface area contributed by atoms with Gasteiger partial charge in [0.15, 0.2) is 17.3 Å². The highest BCUT2D eigenvalue weighted by Crippen LogP contribution is 2.34. The fourth-order valence-corrected chi connectivity index (χ4v) is 5.03. The summed E-state index contributed by atoms with van der Waals surface area (Å²) in [6.45, 7) is 2.33. The second kappa shape index (κ2) is 13.0. The van der Waals surface area contributed by atoms with Crippen molar-refractivity contribution < 1.29 is 24.5 Å². The smallest absolute Gasteiger partial charge is 0.222 e. The summed E-state index contributed by atoms with van der Waals surface area (Å²) in [7, 11) is 1.60. The number of amides is 2. The molecule has 0 saturated carbocycles. The molecule has 43 heavy (non-hydrogen) atoms. The number of rotatable bonds is 10. The van der Waals surface area contributed by atoms with Crippen LogP contribution in [0.15, 0.2) is 65.7 Å². The van der Waals surface area contributed by atoms with Crippen LogP contribution in [0.5, 0.6) is 17.2 Å². The monoisotopic (exact) mass is 602 g/mol. The third kappa shape index (κ3) is 6.78. The Morgan fingerprint density at radius 2 is 1.70 bits per heavy atom. The second-order valence-corrected chi connectivity index (χ2v) is 10.5. The SMILES string of the molecule is COc1ccc2c(c1)C(c1ccc(Cl)cc1)=NC(CC(=O)NCCNC(=O)CCc1ccc(O)c(O)c1)c1nnc(C)n1-2. The van der Waals surface area contributed by atoms with E-state index in [0.29, 0.717) is 34.6 Å². The number of ether oxygens (including phenoxy) is 1. The van der Waals surface area contributed by atoms with Crippen molar-refractivity contribution in [1.82, 2.24) is 25.4 Å². The van der Waals surface area contributed by atoms with Crippen molar-refractivity contribution >= 4 is 29.1 Å². The topological polar surface area (TPSA) is 151 Å². The largest absolute Gasteiger partial charge is 0.504 e. The molecule has 3 aromatic carbocycles. The Hall–Kier alpha value is -4.90. The molecule has 1 aromatic heterocycles. The number of carbonyl (C=O) groups excluding carboxylic acids is 2. The predicted octanol–water partition coefficient (Wildman–Crippen LogP) is 3.80. The maximum Gasteiger partial charge on any atom is 0.222 e. The highest BCUT2D eigenvalue weighted by molar-refractivity contribution is 6.30. The normalized spacial score (nSPS) is 13.7. The van der Waals surface area contributed by atoms with E-state index in [1.165, 1.54) is 12.1 Å². The van der Waals surface area contributed by atoms with E-state index >= 15 is 0 Å². The number of hydrogen-bond acceptors (Lipinski definition) is 8. The van der Waals surface area contributed by atoms with Gasteiger partial charge in [-0.25, -0.2) is 0 Å². The number of benzene rings is 3. The molecule has 222 valence electrons. The van der Waals surface area contributed by atoms with Gasteiger partial charge in [0.05, 0.1) is 24.9 Å². The van der Waals surface area contributed by atoms with Crippen LogP contribution in [0.3, 0.4) is 0 Å². The number of fused-ring (bicyclic) bond motifs is 3. The number of aryl methyl sites for hydroxylation is 2. The minimum absolute atomic E-state index is 0.0125. The van der Waals surface area contributed by atoms with Gasteiger partial charge in [-0.2, -0.15) is 0 Å². The molecule has 1 aliphatic rings. The summed E-state index contributed by atoms with van der Waals surface area (Å²) in [6.07, 6.45) is 0.609. The van der Waals surface area contributed by atoms with Crippen molar-refractivity contribution in [2.45, 2.75) is 32.2 Å². The molecule has 11 nitrogen and oxygen atoms in total. The standard InChI is InChI=1S/C31H31ClN6O5/c1-18-36-37-31-24(17-29(42)34-14-13-33-28(41)12-4-19-3-11-26(39)27(40)15-19)35-30(20-5-7-21(32)8-6-20)23-16-22(43-2)9-10-25(23)38(18)31/h3,5-11,15-16,24,39-40H,4,12-14,17H2,1-2H3,(H,33,41)(H,34,42). The molecule has 0 fully saturated rings. The van der Waals surface area contributed by atoms with E-state index in [1.54, 1.807) is 25.3 Å². The lowest BCUT2D eigenvalue weighted by molar-refractivity contribution is -0.123. The highest BCUT2D eigenvalue weighted by Gasteiger charge is 2.30. The van der Waals surface area contributed by atoms with Gasteiger partial charge in [-0.15, -0.1) is 10.2 Å². The van der Waals surface area contributed by atoms with Crippen LogP contribution >= 0.6 is 11.6 Å². The van der Waals surface area contributed by atoms with Crippen LogP contribution < -0.4 is 15.4 Å². The van der Waals surface area contributed by atoms with Gasteiger partial charge in [0.2, 0.25) is 11.8 Å². The minimum atomic E-state index is -0.637. The number of aromatic hydroxyl groups is 2. The van der Waals surface area contributed by atoms with E-state index in [9.17, 15) is 19.8 Å². The van der Waals surface area contributed by atoms with Gasteiger partial charge in [-0.3, -0.25) is 19.1 Å². The maximum absolute atomic E-state index is 13.1. The molecule has 12 heteroatoms. The van der Waals surface area contributed by atoms with Crippen LogP contribution in [0.4, 0.5) is 0 Å². The number of nitrogens with one attached hydrogen (secondary N) is 2. The molecule has 2 amide bonds. The molecular weight excluding hydrogens is 572 g/mol. The first kappa shape index (κ1) is 29.6. The van der Waals surface area contributed by atoms with E-state index in [-0.39, 0.29) is 49.2 Å². The Balaban J connectivity index is 1.27. The van der Waals surface area contributed by atoms with Crippen molar-refractivity contribution in [3.63, 3.8) is 0 Å². The third-order valence-electron chi connectivity index (χ3n) is 7.08. The van der Waals surface area contributed by atoms with Crippen LogP contribution in [0.2, 0.25) is 5.02 Å². The van der Waals surface area contributed by atoms with Gasteiger partial charge >= 0.3 is 0 Å². The van der Waals surface area contributed by atoms with Gasteiger partial charge in [0.25, 0.3) is 0 Å². The second-order valence-electron chi connectivity index (χ2n) is 10.1. The minimum Gasteiger partial charge on any atom is -0.504 e. The first-order valence-electron chi connectivity index (χ1n) is 13.7. The van der Waals surface area contributed by atoms with Crippen LogP contribution in [0, 0.1) is 6.92 Å². The summed E-state index contributed by atoms with van der Waals surface area (Å²) in [5, 5.41) is 33.9. The molecule has 0 spiro atoms. The first-order valence-corrected chi connectivity index (χ1v) is 14.1. The van der Waals surface area contributed by atoms with Crippen LogP contribution in [0.25, 0.3) is 5.69 Å². The highest BCUT2D eigenvalue weighted by atomic mass is 35.5. The molecule has 4 aromatic rings. The number of nitrogens with zero attached hydrogens (tertiary/aromatic N) is 4. The van der Waals surface area contributed by atoms with Gasteiger partial charge in [-0.1, -0.05) is 29.8 Å². The third-order valence-corrected chi connectivity index (χ3v) is 7.33. The Bertz CT molecular complexity index is 1680. The lowest BCUT2D eigenvalue weighted by Crippen LogP contribution is -2.35. The molecule has 0 saturated heterocycles. The average Bonchev–Trinajstić information content (AvgIpc) is 3.32. The lowest BCUT2D eigenvalue weighted by Gasteiger charge is -2.14. The van der Waals surface area contributed by atoms with E-state index in [4.69, 9.17) is 21.3 Å². The molecule has 4 N–H and O–H groups in total. The number of halogens is 1. The Labute approximate surface area is 253 Å². The van der Waals surface area contributed by atoms with E-state index in [1.807, 2.05) is 41.8 Å². The van der Waals surface area contributed by atoms with E-state index < -0.39 is 6.04 Å². The molecule has 1 unspecified atom stereocenters. The van der Waals surface area contributed by atoms with Crippen LogP contribution in [-0.2, 0) is 16.0 Å². The average molecular weight is 603 g/mol. The Morgan fingerprint density at radius 3 is 2.42 bits per heavy atom. The zero-order valence-corrected chi connectivity index (χ0v) is 24.4. The fraction of sp³-hybridized carbons (Fsp3) is 0.258. The van der Waals surface area contributed by atoms with E-state index in [0.717, 1.165) is 22.4 Å². The van der Waals surface area contributed by atoms with Crippen LogP contribution in [-0.4, -0.2) is 62.7 Å². The van der Waals surface area contributed by atoms with E-state index in [2.05, 4.69) is 20.8 Å². The Morgan fingerprint density at radius 1 is 0.953 bits per heavy atom. The summed E-state index contributed by atoms with van der Waals surface area (Å²) in [5.74, 6) is 0.970. The lowest BCUT2D eigenvalue weighted by atomic mass is 10.00. The number of hydrogen-bond donors (Lipinski definition) is 4. The number of carbonyl (C=O) groups is 2. The number of aromatic nitrogens is 3. The van der Waals surface area contributed by atoms with Crippen molar-refractivity contribution in [2.24, 2.45) is 4.99 Å². The van der Waals surface area contributed by atoms with Crippen molar-refractivity contribution in [3.05, 3.63) is 94.0 Å². The molecule has 0 bridgehead atoms. The molecule has 0 aliphatic carbocycles. The number of phenols is 2. The van der Waals surface area contributed by atoms with Gasteiger partial charge in [-0.05, 0) is 61.4 Å². The zero-order chi connectivity index (χ0) is 30.5. The summed E-state index contributed by atoms with van der Waals surface area (Å²) in [4.78, 5) is 30.4. The molecule has 2 heterocycles. The summed E-state index contributed by atoms with van der Waals surface area (Å²) >= 11 is 6.16. The molecule has 1 aliphatic heterocycles. The van der Waals surface area contributed by atoms with Crippen molar-refractivity contribution in [2.75, 3.05) is 20.2 Å². The Kier molecular flexibility index (Phi) is 8.91. The predicted molar refractivity (Wildman–Crippen MR) is 161 cm³/mol. The number of aliphatic imine (C=N–C) groups is 1. The maximum atomic E-state index is 13.1. The number of phenolic OH excluding ortho intramolecular Hbond substituents is 2. The molecular formula is C31H31ClN6O5. The van der Waals surface area contributed by atoms with Gasteiger partial charge in [0, 0.05) is 35.7 Å². The summed E-state index contributed by atoms with van der Waals surface area (Å²) < 4.78 is 7.41. The fourth-order valence-electron chi connectivity index (χ4n) is 4.90. The van der Waals surface area contributed by atoms with Gasteiger partial charge in [0.1, 0.15) is 17.6 Å². The molecule has 5 rings (SSSR count). The zero-order valence-electron chi connectivity index (χ0n) is 23.7.